The first-order valence-corrected chi connectivity index (χ1v) is 13.3. The Labute approximate surface area is 228 Å². The molecule has 0 aliphatic carbocycles. The zero-order valence-corrected chi connectivity index (χ0v) is 22.6. The van der Waals surface area contributed by atoms with E-state index in [1.807, 2.05) is 18.2 Å². The summed E-state index contributed by atoms with van der Waals surface area (Å²) in [4.78, 5) is 40.1. The maximum Gasteiger partial charge on any atom is 0.336 e. The Balaban J connectivity index is 1.80. The second kappa shape index (κ2) is 12.7. The predicted octanol–water partition coefficient (Wildman–Crippen LogP) is 5.16. The maximum absolute atomic E-state index is 13.5. The van der Waals surface area contributed by atoms with Crippen molar-refractivity contribution in [1.29, 1.82) is 0 Å². The van der Waals surface area contributed by atoms with E-state index in [-0.39, 0.29) is 29.5 Å². The van der Waals surface area contributed by atoms with Crippen LogP contribution >= 0.6 is 0 Å². The Morgan fingerprint density at radius 3 is 2.44 bits per heavy atom. The summed E-state index contributed by atoms with van der Waals surface area (Å²) < 4.78 is 10.6. The molecular formula is C30H35N3O6. The molecule has 0 spiro atoms. The highest BCUT2D eigenvalue weighted by Crippen LogP contribution is 2.42. The number of carbonyl (C=O) groups excluding carboxylic acids is 2. The van der Waals surface area contributed by atoms with Gasteiger partial charge in [0.2, 0.25) is 0 Å². The molecule has 0 bridgehead atoms. The van der Waals surface area contributed by atoms with Gasteiger partial charge in [-0.05, 0) is 63.7 Å². The summed E-state index contributed by atoms with van der Waals surface area (Å²) in [6, 6.07) is 16.5. The molecule has 9 heteroatoms. The summed E-state index contributed by atoms with van der Waals surface area (Å²) in [6.45, 7) is 5.65. The fraction of sp³-hybridized carbons (Fsp3) is 0.400. The van der Waals surface area contributed by atoms with Gasteiger partial charge in [0.25, 0.3) is 5.69 Å². The van der Waals surface area contributed by atoms with E-state index in [4.69, 9.17) is 9.47 Å². The number of rotatable bonds is 10. The number of nitrogens with zero attached hydrogens (tertiary/aromatic N) is 2. The fourth-order valence-corrected chi connectivity index (χ4v) is 5.64. The van der Waals surface area contributed by atoms with Crippen LogP contribution in [0.25, 0.3) is 0 Å². The van der Waals surface area contributed by atoms with Gasteiger partial charge >= 0.3 is 11.9 Å². The molecular weight excluding hydrogens is 498 g/mol. The van der Waals surface area contributed by atoms with E-state index in [9.17, 15) is 19.7 Å². The lowest BCUT2D eigenvalue weighted by atomic mass is 9.79. The number of hydrogen-bond acceptors (Lipinski definition) is 8. The van der Waals surface area contributed by atoms with Crippen LogP contribution in [0.1, 0.15) is 62.6 Å². The number of esters is 2. The average Bonchev–Trinajstić information content (AvgIpc) is 3.48. The molecule has 2 aliphatic rings. The summed E-state index contributed by atoms with van der Waals surface area (Å²) in [7, 11) is 1.27. The smallest absolute Gasteiger partial charge is 0.336 e. The third-order valence-corrected chi connectivity index (χ3v) is 7.39. The van der Waals surface area contributed by atoms with Crippen molar-refractivity contribution in [3.05, 3.63) is 98.4 Å². The fourth-order valence-electron chi connectivity index (χ4n) is 5.64. The molecule has 1 N–H and O–H groups in total. The molecule has 39 heavy (non-hydrogen) atoms. The Morgan fingerprint density at radius 2 is 1.79 bits per heavy atom. The van der Waals surface area contributed by atoms with Gasteiger partial charge in [-0.3, -0.25) is 15.0 Å². The van der Waals surface area contributed by atoms with E-state index in [2.05, 4.69) is 22.3 Å². The third kappa shape index (κ3) is 6.20. The molecule has 9 nitrogen and oxygen atoms in total. The summed E-state index contributed by atoms with van der Waals surface area (Å²) in [5.41, 5.74) is 3.22. The highest BCUT2D eigenvalue weighted by atomic mass is 16.6. The number of ether oxygens (including phenoxy) is 2. The first kappa shape index (κ1) is 28.0. The molecule has 2 unspecified atom stereocenters. The topological polar surface area (TPSA) is 111 Å². The zero-order valence-electron chi connectivity index (χ0n) is 22.6. The molecule has 0 aromatic heterocycles. The number of dihydropyridines is 1. The molecule has 2 heterocycles. The quantitative estimate of drug-likeness (QED) is 0.253. The zero-order chi connectivity index (χ0) is 27.9. The van der Waals surface area contributed by atoms with Gasteiger partial charge in [-0.2, -0.15) is 0 Å². The highest BCUT2D eigenvalue weighted by Gasteiger charge is 2.39. The van der Waals surface area contributed by atoms with Crippen LogP contribution < -0.4 is 5.32 Å². The van der Waals surface area contributed by atoms with Crippen molar-refractivity contribution in [3.63, 3.8) is 0 Å². The number of nitro benzene ring substituents is 1. The summed E-state index contributed by atoms with van der Waals surface area (Å²) in [6.07, 6.45) is 3.55. The third-order valence-electron chi connectivity index (χ3n) is 7.39. The summed E-state index contributed by atoms with van der Waals surface area (Å²) >= 11 is 0. The van der Waals surface area contributed by atoms with Crippen LogP contribution in [-0.4, -0.2) is 48.6 Å². The van der Waals surface area contributed by atoms with Crippen LogP contribution in [0.4, 0.5) is 5.69 Å². The van der Waals surface area contributed by atoms with Crippen LogP contribution in [0.15, 0.2) is 77.1 Å². The van der Waals surface area contributed by atoms with Crippen molar-refractivity contribution in [2.75, 3.05) is 26.8 Å². The van der Waals surface area contributed by atoms with Crippen LogP contribution in [0, 0.1) is 10.1 Å². The molecule has 2 aliphatic heterocycles. The van der Waals surface area contributed by atoms with Gasteiger partial charge in [-0.25, -0.2) is 9.59 Å². The monoisotopic (exact) mass is 533 g/mol. The van der Waals surface area contributed by atoms with Crippen molar-refractivity contribution in [3.8, 4) is 0 Å². The number of hydrogen-bond donors (Lipinski definition) is 1. The lowest BCUT2D eigenvalue weighted by molar-refractivity contribution is -0.384. The van der Waals surface area contributed by atoms with Crippen molar-refractivity contribution >= 4 is 17.6 Å². The first-order chi connectivity index (χ1) is 18.8. The van der Waals surface area contributed by atoms with Crippen LogP contribution in [0.3, 0.4) is 0 Å². The molecule has 1 saturated heterocycles. The highest BCUT2D eigenvalue weighted by molar-refractivity contribution is 6.00. The predicted molar refractivity (Wildman–Crippen MR) is 147 cm³/mol. The van der Waals surface area contributed by atoms with Gasteiger partial charge in [0.15, 0.2) is 0 Å². The molecule has 0 saturated carbocycles. The Bertz CT molecular complexity index is 1280. The lowest BCUT2D eigenvalue weighted by Gasteiger charge is -2.33. The van der Waals surface area contributed by atoms with E-state index in [1.54, 1.807) is 26.0 Å². The second-order valence-electron chi connectivity index (χ2n) is 9.76. The van der Waals surface area contributed by atoms with Crippen molar-refractivity contribution < 1.29 is 24.0 Å². The summed E-state index contributed by atoms with van der Waals surface area (Å²) in [5, 5.41) is 14.9. The number of nitro groups is 1. The number of carbonyl (C=O) groups is 2. The van der Waals surface area contributed by atoms with E-state index < -0.39 is 22.8 Å². The Hall–Kier alpha value is -3.98. The number of likely N-dealkylation sites (tertiary alicyclic amines) is 1. The number of non-ortho nitro benzene ring substituents is 1. The van der Waals surface area contributed by atoms with Crippen molar-refractivity contribution in [1.82, 2.24) is 10.2 Å². The minimum Gasteiger partial charge on any atom is -0.466 e. The first-order valence-electron chi connectivity index (χ1n) is 13.3. The van der Waals surface area contributed by atoms with Gasteiger partial charge in [0.1, 0.15) is 0 Å². The van der Waals surface area contributed by atoms with Gasteiger partial charge in [0.05, 0.1) is 35.7 Å². The molecule has 1 fully saturated rings. The summed E-state index contributed by atoms with van der Waals surface area (Å²) in [5.74, 6) is -2.06. The number of nitrogens with one attached hydrogen (secondary N) is 1. The van der Waals surface area contributed by atoms with Crippen molar-refractivity contribution in [2.45, 2.75) is 51.5 Å². The molecule has 4 rings (SSSR count). The van der Waals surface area contributed by atoms with E-state index in [0.717, 1.165) is 32.4 Å². The molecule has 0 radical (unpaired) electrons. The molecule has 2 aromatic rings. The standard InChI is InChI=1S/C30H35N3O6/c1-4-39-30(35)28-24(15-16-25(32-17-8-9-18-32)21-11-6-5-7-12-21)31-20(2)26(29(34)38-3)27(28)22-13-10-14-23(19-22)33(36)37/h5-7,10-14,19,25,27,31H,4,8-9,15-18H2,1-3H3. The molecule has 206 valence electrons. The average molecular weight is 534 g/mol. The van der Waals surface area contributed by atoms with Crippen molar-refractivity contribution in [2.24, 2.45) is 0 Å². The lowest BCUT2D eigenvalue weighted by Crippen LogP contribution is -2.34. The molecule has 2 atom stereocenters. The van der Waals surface area contributed by atoms with Crippen LogP contribution in [0.5, 0.6) is 0 Å². The minimum atomic E-state index is -0.880. The van der Waals surface area contributed by atoms with E-state index in [1.165, 1.54) is 24.8 Å². The molecule has 0 amide bonds. The van der Waals surface area contributed by atoms with Gasteiger partial charge in [-0.1, -0.05) is 42.5 Å². The maximum atomic E-state index is 13.5. The van der Waals surface area contributed by atoms with Crippen LogP contribution in [-0.2, 0) is 19.1 Å². The van der Waals surface area contributed by atoms with Crippen LogP contribution in [0.2, 0.25) is 0 Å². The van der Waals surface area contributed by atoms with E-state index in [0.29, 0.717) is 23.4 Å². The number of allylic oxidation sites excluding steroid dienone is 2. The molecule has 2 aromatic carbocycles. The minimum absolute atomic E-state index is 0.129. The normalized spacial score (nSPS) is 18.5. The second-order valence-corrected chi connectivity index (χ2v) is 9.76. The van der Waals surface area contributed by atoms with Gasteiger partial charge in [0, 0.05) is 29.6 Å². The largest absolute Gasteiger partial charge is 0.466 e. The number of benzene rings is 2. The van der Waals surface area contributed by atoms with Gasteiger partial charge in [-0.15, -0.1) is 0 Å². The SMILES string of the molecule is CCOC(=O)C1=C(CCC(c2ccccc2)N2CCCC2)NC(C)=C(C(=O)OC)C1c1cccc([N+](=O)[O-])c1. The Morgan fingerprint density at radius 1 is 1.08 bits per heavy atom. The van der Waals surface area contributed by atoms with E-state index >= 15 is 0 Å². The van der Waals surface area contributed by atoms with Gasteiger partial charge < -0.3 is 14.8 Å². The Kier molecular flexibility index (Phi) is 9.14. The number of methoxy groups -OCH3 is 1.